The fourth-order valence-electron chi connectivity index (χ4n) is 2.96. The predicted molar refractivity (Wildman–Crippen MR) is 76.9 cm³/mol. The van der Waals surface area contributed by atoms with E-state index in [0.717, 1.165) is 18.5 Å². The Kier molecular flexibility index (Phi) is 3.32. The molecular weight excluding hydrogens is 253 g/mol. The van der Waals surface area contributed by atoms with Crippen LogP contribution in [-0.4, -0.2) is 11.7 Å². The second-order valence-electron chi connectivity index (χ2n) is 5.49. The molecule has 0 amide bonds. The molecule has 0 aliphatic carbocycles. The molecule has 2 atom stereocenters. The lowest BCUT2D eigenvalue weighted by Crippen LogP contribution is -2.43. The summed E-state index contributed by atoms with van der Waals surface area (Å²) in [5.74, 6) is -0.290. The summed E-state index contributed by atoms with van der Waals surface area (Å²) >= 11 is 0. The third kappa shape index (κ3) is 2.23. The Morgan fingerprint density at radius 3 is 2.60 bits per heavy atom. The third-order valence-electron chi connectivity index (χ3n) is 4.10. The van der Waals surface area contributed by atoms with Crippen LogP contribution in [0.3, 0.4) is 0 Å². The van der Waals surface area contributed by atoms with Crippen molar-refractivity contribution >= 4 is 0 Å². The molecule has 0 spiro atoms. The number of rotatable bonds is 2. The van der Waals surface area contributed by atoms with Gasteiger partial charge in [0.25, 0.3) is 0 Å². The maximum absolute atomic E-state index is 13.1. The van der Waals surface area contributed by atoms with Crippen LogP contribution in [0.25, 0.3) is 0 Å². The minimum Gasteiger partial charge on any atom is -0.383 e. The monoisotopic (exact) mass is 271 g/mol. The van der Waals surface area contributed by atoms with Gasteiger partial charge in [-0.05, 0) is 48.7 Å². The van der Waals surface area contributed by atoms with Crippen LogP contribution in [0.1, 0.15) is 29.7 Å². The first kappa shape index (κ1) is 13.3. The van der Waals surface area contributed by atoms with Gasteiger partial charge >= 0.3 is 0 Å². The zero-order chi connectivity index (χ0) is 14.2. The van der Waals surface area contributed by atoms with Gasteiger partial charge in [0.15, 0.2) is 0 Å². The smallest absolute Gasteiger partial charge is 0.123 e. The first-order valence-electron chi connectivity index (χ1n) is 6.88. The molecule has 2 N–H and O–H groups in total. The van der Waals surface area contributed by atoms with E-state index in [9.17, 15) is 9.50 Å². The van der Waals surface area contributed by atoms with Crippen LogP contribution in [0.2, 0.25) is 0 Å². The summed E-state index contributed by atoms with van der Waals surface area (Å²) in [4.78, 5) is 0. The Hall–Kier alpha value is -1.71. The van der Waals surface area contributed by atoms with E-state index < -0.39 is 5.60 Å². The maximum atomic E-state index is 13.1. The van der Waals surface area contributed by atoms with Crippen LogP contribution in [0.4, 0.5) is 4.39 Å². The Morgan fingerprint density at radius 2 is 1.85 bits per heavy atom. The van der Waals surface area contributed by atoms with Crippen LogP contribution in [0.15, 0.2) is 48.5 Å². The van der Waals surface area contributed by atoms with Crippen molar-refractivity contribution in [3.05, 3.63) is 71.0 Å². The van der Waals surface area contributed by atoms with Gasteiger partial charge in [0.05, 0.1) is 6.04 Å². The van der Waals surface area contributed by atoms with Crippen molar-refractivity contribution in [2.24, 2.45) is 0 Å². The fraction of sp³-hybridized carbons (Fsp3) is 0.294. The largest absolute Gasteiger partial charge is 0.383 e. The highest BCUT2D eigenvalue weighted by atomic mass is 19.1. The summed E-state index contributed by atoms with van der Waals surface area (Å²) < 4.78 is 13.1. The molecule has 2 aromatic carbocycles. The number of fused-ring (bicyclic) bond motifs is 1. The van der Waals surface area contributed by atoms with Crippen LogP contribution in [0.5, 0.6) is 0 Å². The molecule has 3 heteroatoms. The van der Waals surface area contributed by atoms with Gasteiger partial charge in [-0.2, -0.15) is 0 Å². The molecule has 1 aliphatic heterocycles. The van der Waals surface area contributed by atoms with E-state index in [-0.39, 0.29) is 11.9 Å². The molecule has 0 saturated carbocycles. The molecular formula is C17H18FNO. The topological polar surface area (TPSA) is 32.3 Å². The zero-order valence-electron chi connectivity index (χ0n) is 11.4. The quantitative estimate of drug-likeness (QED) is 0.880. The van der Waals surface area contributed by atoms with E-state index in [1.807, 2.05) is 18.2 Å². The molecule has 3 rings (SSSR count). The number of hydrogen-bond acceptors (Lipinski definition) is 2. The van der Waals surface area contributed by atoms with Gasteiger partial charge in [-0.1, -0.05) is 36.4 Å². The van der Waals surface area contributed by atoms with Gasteiger partial charge in [0.1, 0.15) is 11.4 Å². The van der Waals surface area contributed by atoms with Crippen LogP contribution < -0.4 is 5.32 Å². The molecule has 1 heterocycles. The van der Waals surface area contributed by atoms with Crippen molar-refractivity contribution in [2.45, 2.75) is 25.0 Å². The molecule has 0 radical (unpaired) electrons. The molecule has 2 unspecified atom stereocenters. The Labute approximate surface area is 118 Å². The summed E-state index contributed by atoms with van der Waals surface area (Å²) in [5, 5.41) is 14.3. The molecule has 0 aromatic heterocycles. The van der Waals surface area contributed by atoms with Crippen molar-refractivity contribution in [3.63, 3.8) is 0 Å². The predicted octanol–water partition coefficient (Wildman–Crippen LogP) is 2.92. The Bertz CT molecular complexity index is 607. The minimum absolute atomic E-state index is 0.182. The summed E-state index contributed by atoms with van der Waals surface area (Å²) in [6.45, 7) is 2.61. The maximum Gasteiger partial charge on any atom is 0.123 e. The zero-order valence-corrected chi connectivity index (χ0v) is 11.4. The lowest BCUT2D eigenvalue weighted by atomic mass is 9.80. The van der Waals surface area contributed by atoms with Crippen molar-refractivity contribution in [1.29, 1.82) is 0 Å². The number of hydrogen-bond donors (Lipinski definition) is 2. The Morgan fingerprint density at radius 1 is 1.15 bits per heavy atom. The normalized spacial score (nSPS) is 21.1. The highest BCUT2D eigenvalue weighted by Crippen LogP contribution is 2.38. The number of nitrogens with one attached hydrogen (secondary N) is 1. The van der Waals surface area contributed by atoms with Gasteiger partial charge in [-0.3, -0.25) is 0 Å². The van der Waals surface area contributed by atoms with Crippen molar-refractivity contribution < 1.29 is 9.50 Å². The van der Waals surface area contributed by atoms with Gasteiger partial charge < -0.3 is 10.4 Å². The fourth-order valence-corrected chi connectivity index (χ4v) is 2.96. The summed E-state index contributed by atoms with van der Waals surface area (Å²) in [6.07, 6.45) is 0.964. The van der Waals surface area contributed by atoms with Gasteiger partial charge in [-0.15, -0.1) is 0 Å². The average molecular weight is 271 g/mol. The van der Waals surface area contributed by atoms with E-state index in [0.29, 0.717) is 5.56 Å². The first-order chi connectivity index (χ1) is 9.59. The standard InChI is InChI=1S/C17H18FNO/c1-17(20,13-6-8-14(18)9-7-13)16-15-5-3-2-4-12(15)10-11-19-16/h2-9,16,19-20H,10-11H2,1H3. The minimum atomic E-state index is -1.08. The van der Waals surface area contributed by atoms with Gasteiger partial charge in [-0.25, -0.2) is 4.39 Å². The van der Waals surface area contributed by atoms with Gasteiger partial charge in [0, 0.05) is 0 Å². The summed E-state index contributed by atoms with van der Waals surface area (Å²) in [5.41, 5.74) is 2.02. The second-order valence-corrected chi connectivity index (χ2v) is 5.49. The molecule has 0 fully saturated rings. The van der Waals surface area contributed by atoms with E-state index in [1.54, 1.807) is 19.1 Å². The van der Waals surface area contributed by atoms with Crippen LogP contribution >= 0.6 is 0 Å². The molecule has 104 valence electrons. The molecule has 1 aliphatic rings. The average Bonchev–Trinajstić information content (AvgIpc) is 2.47. The molecule has 0 bridgehead atoms. The number of benzene rings is 2. The molecule has 2 aromatic rings. The lowest BCUT2D eigenvalue weighted by molar-refractivity contribution is 0.0118. The lowest BCUT2D eigenvalue weighted by Gasteiger charge is -2.38. The SMILES string of the molecule is CC(O)(c1ccc(F)cc1)C1NCCc2ccccc21. The van der Waals surface area contributed by atoms with Crippen LogP contribution in [-0.2, 0) is 12.0 Å². The third-order valence-corrected chi connectivity index (χ3v) is 4.10. The first-order valence-corrected chi connectivity index (χ1v) is 6.88. The van der Waals surface area contributed by atoms with E-state index >= 15 is 0 Å². The van der Waals surface area contributed by atoms with E-state index in [1.165, 1.54) is 17.7 Å². The molecule has 20 heavy (non-hydrogen) atoms. The van der Waals surface area contributed by atoms with E-state index in [2.05, 4.69) is 11.4 Å². The highest BCUT2D eigenvalue weighted by molar-refractivity contribution is 5.37. The van der Waals surface area contributed by atoms with Gasteiger partial charge in [0.2, 0.25) is 0 Å². The highest BCUT2D eigenvalue weighted by Gasteiger charge is 2.37. The van der Waals surface area contributed by atoms with Crippen molar-refractivity contribution in [3.8, 4) is 0 Å². The molecule has 0 saturated heterocycles. The summed E-state index contributed by atoms with van der Waals surface area (Å²) in [7, 11) is 0. The van der Waals surface area contributed by atoms with E-state index in [4.69, 9.17) is 0 Å². The second kappa shape index (κ2) is 5.00. The van der Waals surface area contributed by atoms with Crippen molar-refractivity contribution in [1.82, 2.24) is 5.32 Å². The number of aliphatic hydroxyl groups is 1. The van der Waals surface area contributed by atoms with Crippen molar-refractivity contribution in [2.75, 3.05) is 6.54 Å². The number of halogens is 1. The summed E-state index contributed by atoms with van der Waals surface area (Å²) in [6, 6.07) is 14.0. The Balaban J connectivity index is 2.02. The molecule has 2 nitrogen and oxygen atoms in total. The van der Waals surface area contributed by atoms with Crippen LogP contribution in [0, 0.1) is 5.82 Å².